The van der Waals surface area contributed by atoms with Crippen LogP contribution in [0, 0.1) is 18.8 Å². The van der Waals surface area contributed by atoms with Crippen molar-refractivity contribution in [3.8, 4) is 11.1 Å². The number of fused-ring (bicyclic) bond motifs is 2. The van der Waals surface area contributed by atoms with Crippen molar-refractivity contribution in [3.05, 3.63) is 54.4 Å². The smallest absolute Gasteiger partial charge is 0.278 e. The molecule has 36 heavy (non-hydrogen) atoms. The predicted molar refractivity (Wildman–Crippen MR) is 133 cm³/mol. The van der Waals surface area contributed by atoms with Gasteiger partial charge < -0.3 is 10.6 Å². The highest BCUT2D eigenvalue weighted by Crippen LogP contribution is 2.40. The van der Waals surface area contributed by atoms with Gasteiger partial charge in [-0.3, -0.25) is 24.2 Å². The van der Waals surface area contributed by atoms with Crippen LogP contribution in [0.3, 0.4) is 0 Å². The molecular formula is C25H27N9O2. The number of nitrogens with zero attached hydrogens (tertiary/aromatic N) is 7. The van der Waals surface area contributed by atoms with Crippen LogP contribution >= 0.6 is 0 Å². The van der Waals surface area contributed by atoms with E-state index in [0.717, 1.165) is 36.1 Å². The maximum absolute atomic E-state index is 13.1. The summed E-state index contributed by atoms with van der Waals surface area (Å²) in [5.41, 5.74) is 4.31. The lowest BCUT2D eigenvalue weighted by Crippen LogP contribution is -2.31. The summed E-state index contributed by atoms with van der Waals surface area (Å²) in [6, 6.07) is 5.43. The molecule has 4 aromatic rings. The normalized spacial score (nSPS) is 19.2. The van der Waals surface area contributed by atoms with Crippen molar-refractivity contribution in [3.63, 3.8) is 0 Å². The molecule has 1 saturated heterocycles. The van der Waals surface area contributed by atoms with Gasteiger partial charge in [0.05, 0.1) is 41.5 Å². The molecule has 2 N–H and O–H groups in total. The van der Waals surface area contributed by atoms with Crippen LogP contribution in [0.1, 0.15) is 29.0 Å². The molecule has 1 aliphatic heterocycles. The molecule has 0 radical (unpaired) electrons. The molecule has 4 aromatic heterocycles. The second-order valence-corrected chi connectivity index (χ2v) is 9.74. The molecule has 11 heteroatoms. The maximum atomic E-state index is 13.1. The molecule has 2 amide bonds. The van der Waals surface area contributed by atoms with E-state index in [1.807, 2.05) is 31.6 Å². The molecule has 0 bridgehead atoms. The van der Waals surface area contributed by atoms with Crippen molar-refractivity contribution in [1.82, 2.24) is 34.5 Å². The zero-order chi connectivity index (χ0) is 24.8. The Bertz CT molecular complexity index is 1460. The van der Waals surface area contributed by atoms with Gasteiger partial charge in [0.2, 0.25) is 5.91 Å². The number of aryl methyl sites for hydroxylation is 2. The van der Waals surface area contributed by atoms with Crippen molar-refractivity contribution in [2.24, 2.45) is 18.9 Å². The molecule has 6 rings (SSSR count). The molecule has 1 saturated carbocycles. The number of hydrogen-bond acceptors (Lipinski definition) is 7. The standard InChI is InChI=1S/C25H27N9O2/c1-15-21(7-20(9-26-15)28-23(35)14-33-11-16-3-4-17(16)12-33)29-25(36)24-22-6-5-18(13-34(22)31-30-24)19-8-27-32(2)10-19/h5-10,13,16-17H,3-4,11-12,14H2,1-2H3,(H,28,35)(H,29,36). The van der Waals surface area contributed by atoms with Crippen LogP contribution in [-0.4, -0.2) is 65.9 Å². The average molecular weight is 486 g/mol. The van der Waals surface area contributed by atoms with Crippen molar-refractivity contribution >= 4 is 28.7 Å². The number of carbonyl (C=O) groups excluding carboxylic acids is 2. The van der Waals surface area contributed by atoms with E-state index in [0.29, 0.717) is 29.1 Å². The summed E-state index contributed by atoms with van der Waals surface area (Å²) < 4.78 is 3.30. The van der Waals surface area contributed by atoms with Crippen LogP contribution in [0.25, 0.3) is 16.6 Å². The van der Waals surface area contributed by atoms with Crippen LogP contribution in [0.15, 0.2) is 43.0 Å². The highest BCUT2D eigenvalue weighted by molar-refractivity contribution is 6.08. The number of likely N-dealkylation sites (tertiary alicyclic amines) is 1. The molecule has 11 nitrogen and oxygen atoms in total. The summed E-state index contributed by atoms with van der Waals surface area (Å²) in [6.45, 7) is 4.17. The van der Waals surface area contributed by atoms with Gasteiger partial charge in [-0.25, -0.2) is 4.52 Å². The van der Waals surface area contributed by atoms with Gasteiger partial charge in [-0.05, 0) is 43.7 Å². The maximum Gasteiger partial charge on any atom is 0.278 e. The van der Waals surface area contributed by atoms with E-state index in [4.69, 9.17) is 0 Å². The summed E-state index contributed by atoms with van der Waals surface area (Å²) in [4.78, 5) is 32.2. The summed E-state index contributed by atoms with van der Waals surface area (Å²) in [5, 5.41) is 18.2. The molecule has 2 aliphatic rings. The minimum atomic E-state index is -0.403. The van der Waals surface area contributed by atoms with E-state index in [-0.39, 0.29) is 11.6 Å². The average Bonchev–Trinajstić information content (AvgIpc) is 3.54. The zero-order valence-corrected chi connectivity index (χ0v) is 20.2. The number of carbonyl (C=O) groups is 2. The van der Waals surface area contributed by atoms with E-state index in [9.17, 15) is 9.59 Å². The van der Waals surface area contributed by atoms with Gasteiger partial charge in [-0.2, -0.15) is 5.10 Å². The Morgan fingerprint density at radius 3 is 2.58 bits per heavy atom. The Balaban J connectivity index is 1.15. The van der Waals surface area contributed by atoms with Crippen molar-refractivity contribution in [2.75, 3.05) is 30.3 Å². The summed E-state index contributed by atoms with van der Waals surface area (Å²) in [5.74, 6) is 1.04. The summed E-state index contributed by atoms with van der Waals surface area (Å²) in [6.07, 6.45) is 9.64. The quantitative estimate of drug-likeness (QED) is 0.430. The lowest BCUT2D eigenvalue weighted by Gasteiger charge is -2.28. The zero-order valence-electron chi connectivity index (χ0n) is 20.2. The topological polar surface area (TPSA) is 122 Å². The fourth-order valence-corrected chi connectivity index (χ4v) is 5.10. The highest BCUT2D eigenvalue weighted by Gasteiger charge is 2.39. The first kappa shape index (κ1) is 22.4. The molecule has 0 spiro atoms. The van der Waals surface area contributed by atoms with Gasteiger partial charge in [-0.1, -0.05) is 11.3 Å². The van der Waals surface area contributed by atoms with Crippen LogP contribution in [0.4, 0.5) is 11.4 Å². The van der Waals surface area contributed by atoms with Gasteiger partial charge >= 0.3 is 0 Å². The highest BCUT2D eigenvalue weighted by atomic mass is 16.2. The molecule has 0 aromatic carbocycles. The fourth-order valence-electron chi connectivity index (χ4n) is 5.10. The van der Waals surface area contributed by atoms with E-state index < -0.39 is 5.91 Å². The minimum absolute atomic E-state index is 0.0760. The summed E-state index contributed by atoms with van der Waals surface area (Å²) in [7, 11) is 1.86. The Hall–Kier alpha value is -4.12. The second kappa shape index (κ2) is 8.83. The Kier molecular flexibility index (Phi) is 5.48. The molecule has 5 heterocycles. The van der Waals surface area contributed by atoms with Gasteiger partial charge in [0.15, 0.2) is 5.69 Å². The second-order valence-electron chi connectivity index (χ2n) is 9.74. The van der Waals surface area contributed by atoms with Crippen molar-refractivity contribution in [2.45, 2.75) is 19.8 Å². The first-order chi connectivity index (χ1) is 17.4. The van der Waals surface area contributed by atoms with Gasteiger partial charge in [0.1, 0.15) is 0 Å². The van der Waals surface area contributed by atoms with Gasteiger partial charge in [-0.15, -0.1) is 5.10 Å². The number of nitrogens with one attached hydrogen (secondary N) is 2. The molecule has 2 atom stereocenters. The van der Waals surface area contributed by atoms with E-state index in [2.05, 4.69) is 35.9 Å². The van der Waals surface area contributed by atoms with Crippen molar-refractivity contribution in [1.29, 1.82) is 0 Å². The van der Waals surface area contributed by atoms with Crippen LogP contribution in [-0.2, 0) is 11.8 Å². The Morgan fingerprint density at radius 1 is 1.06 bits per heavy atom. The van der Waals surface area contributed by atoms with Gasteiger partial charge in [0.25, 0.3) is 5.91 Å². The molecule has 2 fully saturated rings. The van der Waals surface area contributed by atoms with Crippen molar-refractivity contribution < 1.29 is 9.59 Å². The third-order valence-corrected chi connectivity index (χ3v) is 7.21. The van der Waals surface area contributed by atoms with E-state index in [1.54, 1.807) is 34.6 Å². The third-order valence-electron chi connectivity index (χ3n) is 7.21. The Labute approximate surface area is 207 Å². The predicted octanol–water partition coefficient (Wildman–Crippen LogP) is 2.37. The fraction of sp³-hybridized carbons (Fsp3) is 0.360. The lowest BCUT2D eigenvalue weighted by atomic mass is 9.77. The number of pyridine rings is 2. The van der Waals surface area contributed by atoms with Gasteiger partial charge in [0, 0.05) is 43.7 Å². The number of rotatable bonds is 6. The molecule has 2 unspecified atom stereocenters. The third kappa shape index (κ3) is 4.22. The largest absolute Gasteiger partial charge is 0.324 e. The lowest BCUT2D eigenvalue weighted by molar-refractivity contribution is -0.117. The SMILES string of the molecule is Cc1ncc(NC(=O)CN2CC3CCC3C2)cc1NC(=O)c1nnn2cc(-c3cnn(C)c3)ccc12. The van der Waals surface area contributed by atoms with Crippen LogP contribution < -0.4 is 10.6 Å². The number of anilines is 2. The number of aromatic nitrogens is 6. The molecule has 1 aliphatic carbocycles. The number of hydrogen-bond donors (Lipinski definition) is 2. The summed E-state index contributed by atoms with van der Waals surface area (Å²) >= 11 is 0. The van der Waals surface area contributed by atoms with Crippen LogP contribution in [0.5, 0.6) is 0 Å². The first-order valence-electron chi connectivity index (χ1n) is 12.1. The van der Waals surface area contributed by atoms with Crippen LogP contribution in [0.2, 0.25) is 0 Å². The molecular weight excluding hydrogens is 458 g/mol. The molecule has 184 valence electrons. The first-order valence-corrected chi connectivity index (χ1v) is 12.1. The van der Waals surface area contributed by atoms with E-state index >= 15 is 0 Å². The number of amides is 2. The minimum Gasteiger partial charge on any atom is -0.324 e. The monoisotopic (exact) mass is 485 g/mol. The van der Waals surface area contributed by atoms with E-state index in [1.165, 1.54) is 12.8 Å². The Morgan fingerprint density at radius 2 is 1.86 bits per heavy atom.